The van der Waals surface area contributed by atoms with Crippen LogP contribution < -0.4 is 5.32 Å². The number of likely N-dealkylation sites (tertiary alicyclic amines) is 1. The molecule has 0 aliphatic carbocycles. The Morgan fingerprint density at radius 3 is 2.79 bits per heavy atom. The lowest BCUT2D eigenvalue weighted by atomic mass is 9.98. The molecule has 1 N–H and O–H groups in total. The summed E-state index contributed by atoms with van der Waals surface area (Å²) >= 11 is 5.91. The standard InChI is InChI=1S/C16H20F2N2O2S2/c1-2-22-14(21)11-4-3-9-20(10-11)16(23)19-12-5-7-13(8-6-12)24-15(17)18/h5-8,11,15H,2-4,9-10H2,1H3,(H,19,23)/t11-/m0/s1. The van der Waals surface area contributed by atoms with E-state index >= 15 is 0 Å². The Hall–Kier alpha value is -1.41. The minimum Gasteiger partial charge on any atom is -0.466 e. The van der Waals surface area contributed by atoms with Crippen LogP contribution in [0.3, 0.4) is 0 Å². The van der Waals surface area contributed by atoms with Gasteiger partial charge in [-0.3, -0.25) is 4.79 Å². The van der Waals surface area contributed by atoms with Crippen LogP contribution in [0.4, 0.5) is 14.5 Å². The fourth-order valence-corrected chi connectivity index (χ4v) is 3.32. The number of alkyl halides is 2. The number of halogens is 2. The Labute approximate surface area is 149 Å². The number of thiocarbonyl (C=S) groups is 1. The van der Waals surface area contributed by atoms with Crippen molar-refractivity contribution in [1.29, 1.82) is 0 Å². The predicted molar refractivity (Wildman–Crippen MR) is 95.5 cm³/mol. The zero-order chi connectivity index (χ0) is 17.5. The molecule has 0 bridgehead atoms. The molecule has 8 heteroatoms. The van der Waals surface area contributed by atoms with Crippen LogP contribution in [0.2, 0.25) is 0 Å². The van der Waals surface area contributed by atoms with E-state index in [1.54, 1.807) is 31.2 Å². The highest BCUT2D eigenvalue weighted by Crippen LogP contribution is 2.26. The number of carbonyl (C=O) groups is 1. The summed E-state index contributed by atoms with van der Waals surface area (Å²) in [7, 11) is 0. The SMILES string of the molecule is CCOC(=O)[C@H]1CCCN(C(=S)Nc2ccc(SC(F)F)cc2)C1. The van der Waals surface area contributed by atoms with E-state index in [4.69, 9.17) is 17.0 Å². The van der Waals surface area contributed by atoms with Gasteiger partial charge in [0.1, 0.15) is 0 Å². The molecule has 132 valence electrons. The van der Waals surface area contributed by atoms with Crippen LogP contribution in [0.5, 0.6) is 0 Å². The third-order valence-electron chi connectivity index (χ3n) is 3.66. The zero-order valence-electron chi connectivity index (χ0n) is 13.3. The molecule has 1 aromatic carbocycles. The number of thioether (sulfide) groups is 1. The number of nitrogens with zero attached hydrogens (tertiary/aromatic N) is 1. The van der Waals surface area contributed by atoms with Gasteiger partial charge >= 0.3 is 5.97 Å². The first-order chi connectivity index (χ1) is 11.5. The molecule has 1 heterocycles. The normalized spacial score (nSPS) is 17.7. The van der Waals surface area contributed by atoms with Gasteiger partial charge in [0.25, 0.3) is 5.76 Å². The molecule has 1 atom stereocenters. The maximum Gasteiger partial charge on any atom is 0.310 e. The molecule has 0 radical (unpaired) electrons. The summed E-state index contributed by atoms with van der Waals surface area (Å²) < 4.78 is 29.7. The molecular formula is C16H20F2N2O2S2. The first-order valence-corrected chi connectivity index (χ1v) is 9.05. The molecule has 0 unspecified atom stereocenters. The second-order valence-electron chi connectivity index (χ2n) is 5.37. The average Bonchev–Trinajstić information content (AvgIpc) is 2.56. The number of nitrogens with one attached hydrogen (secondary N) is 1. The lowest BCUT2D eigenvalue weighted by molar-refractivity contribution is -0.149. The zero-order valence-corrected chi connectivity index (χ0v) is 15.0. The number of rotatable bonds is 5. The van der Waals surface area contributed by atoms with Crippen LogP contribution >= 0.6 is 24.0 Å². The number of hydrogen-bond donors (Lipinski definition) is 1. The first-order valence-electron chi connectivity index (χ1n) is 7.77. The minimum absolute atomic E-state index is 0.164. The Kier molecular flexibility index (Phi) is 7.23. The largest absolute Gasteiger partial charge is 0.466 e. The Morgan fingerprint density at radius 1 is 1.46 bits per heavy atom. The van der Waals surface area contributed by atoms with Gasteiger partial charge in [-0.15, -0.1) is 0 Å². The topological polar surface area (TPSA) is 41.6 Å². The average molecular weight is 374 g/mol. The van der Waals surface area contributed by atoms with Crippen molar-refractivity contribution in [3.8, 4) is 0 Å². The second kappa shape index (κ2) is 9.17. The molecule has 0 saturated carbocycles. The Balaban J connectivity index is 1.90. The summed E-state index contributed by atoms with van der Waals surface area (Å²) in [6.07, 6.45) is 1.67. The van der Waals surface area contributed by atoms with E-state index in [1.165, 1.54) is 0 Å². The molecule has 1 saturated heterocycles. The molecule has 1 aliphatic rings. The number of ether oxygens (including phenoxy) is 1. The van der Waals surface area contributed by atoms with Crippen LogP contribution in [0.15, 0.2) is 29.2 Å². The van der Waals surface area contributed by atoms with E-state index in [0.29, 0.717) is 34.9 Å². The van der Waals surface area contributed by atoms with E-state index in [1.807, 2.05) is 4.90 Å². The van der Waals surface area contributed by atoms with Gasteiger partial charge in [-0.2, -0.15) is 8.78 Å². The van der Waals surface area contributed by atoms with Crippen molar-refractivity contribution in [3.63, 3.8) is 0 Å². The van der Waals surface area contributed by atoms with Crippen molar-refractivity contribution in [2.24, 2.45) is 5.92 Å². The van der Waals surface area contributed by atoms with Gasteiger partial charge in [-0.1, -0.05) is 11.8 Å². The third-order valence-corrected chi connectivity index (χ3v) is 4.74. The molecule has 0 spiro atoms. The van der Waals surface area contributed by atoms with Gasteiger partial charge in [-0.05, 0) is 56.2 Å². The smallest absolute Gasteiger partial charge is 0.310 e. The van der Waals surface area contributed by atoms with Crippen molar-refractivity contribution < 1.29 is 18.3 Å². The molecule has 1 aromatic rings. The lowest BCUT2D eigenvalue weighted by Crippen LogP contribution is -2.44. The van der Waals surface area contributed by atoms with Gasteiger partial charge in [-0.25, -0.2) is 0 Å². The summed E-state index contributed by atoms with van der Waals surface area (Å²) in [6, 6.07) is 6.67. The van der Waals surface area contributed by atoms with Gasteiger partial charge in [0, 0.05) is 23.7 Å². The molecular weight excluding hydrogens is 354 g/mol. The highest BCUT2D eigenvalue weighted by Gasteiger charge is 2.28. The molecule has 4 nitrogen and oxygen atoms in total. The molecule has 1 fully saturated rings. The van der Waals surface area contributed by atoms with Crippen molar-refractivity contribution in [2.75, 3.05) is 25.0 Å². The second-order valence-corrected chi connectivity index (χ2v) is 6.82. The van der Waals surface area contributed by atoms with Crippen molar-refractivity contribution >= 4 is 40.7 Å². The molecule has 1 aliphatic heterocycles. The van der Waals surface area contributed by atoms with Crippen LogP contribution in [-0.4, -0.2) is 41.4 Å². The first kappa shape index (κ1) is 18.9. The summed E-state index contributed by atoms with van der Waals surface area (Å²) in [5, 5.41) is 3.62. The van der Waals surface area contributed by atoms with E-state index in [-0.39, 0.29) is 11.9 Å². The number of esters is 1. The van der Waals surface area contributed by atoms with Crippen molar-refractivity contribution in [2.45, 2.75) is 30.4 Å². The lowest BCUT2D eigenvalue weighted by Gasteiger charge is -2.33. The molecule has 24 heavy (non-hydrogen) atoms. The number of hydrogen-bond acceptors (Lipinski definition) is 4. The highest BCUT2D eigenvalue weighted by atomic mass is 32.2. The predicted octanol–water partition coefficient (Wildman–Crippen LogP) is 3.97. The van der Waals surface area contributed by atoms with Crippen LogP contribution in [-0.2, 0) is 9.53 Å². The Bertz CT molecular complexity index is 570. The van der Waals surface area contributed by atoms with Gasteiger partial charge < -0.3 is 15.0 Å². The highest BCUT2D eigenvalue weighted by molar-refractivity contribution is 7.99. The van der Waals surface area contributed by atoms with Gasteiger partial charge in [0.15, 0.2) is 5.11 Å². The molecule has 2 rings (SSSR count). The third kappa shape index (κ3) is 5.59. The van der Waals surface area contributed by atoms with Crippen LogP contribution in [0, 0.1) is 5.92 Å². The van der Waals surface area contributed by atoms with E-state index in [2.05, 4.69) is 5.32 Å². The molecule has 0 aromatic heterocycles. The number of piperidine rings is 1. The van der Waals surface area contributed by atoms with Gasteiger partial charge in [0.2, 0.25) is 0 Å². The summed E-state index contributed by atoms with van der Waals surface area (Å²) in [4.78, 5) is 14.3. The van der Waals surface area contributed by atoms with Crippen LogP contribution in [0.25, 0.3) is 0 Å². The fraction of sp³-hybridized carbons (Fsp3) is 0.500. The fourth-order valence-electron chi connectivity index (χ4n) is 2.54. The van der Waals surface area contributed by atoms with Crippen molar-refractivity contribution in [3.05, 3.63) is 24.3 Å². The number of anilines is 1. The van der Waals surface area contributed by atoms with Gasteiger partial charge in [0.05, 0.1) is 12.5 Å². The van der Waals surface area contributed by atoms with E-state index in [9.17, 15) is 13.6 Å². The summed E-state index contributed by atoms with van der Waals surface area (Å²) in [5.41, 5.74) is 0.733. The van der Waals surface area contributed by atoms with E-state index < -0.39 is 5.76 Å². The van der Waals surface area contributed by atoms with Crippen LogP contribution in [0.1, 0.15) is 19.8 Å². The quantitative estimate of drug-likeness (QED) is 0.478. The maximum atomic E-state index is 12.3. The number of benzene rings is 1. The van der Waals surface area contributed by atoms with Crippen molar-refractivity contribution in [1.82, 2.24) is 4.90 Å². The summed E-state index contributed by atoms with van der Waals surface area (Å²) in [5.74, 6) is -2.78. The monoisotopic (exact) mass is 374 g/mol. The number of carbonyl (C=O) groups excluding carboxylic acids is 1. The minimum atomic E-state index is -2.43. The van der Waals surface area contributed by atoms with E-state index in [0.717, 1.165) is 25.1 Å². The summed E-state index contributed by atoms with van der Waals surface area (Å²) in [6.45, 7) is 3.48. The molecule has 0 amide bonds. The maximum absolute atomic E-state index is 12.3. The Morgan fingerprint density at radius 2 is 2.17 bits per heavy atom.